The van der Waals surface area contributed by atoms with E-state index in [1.54, 1.807) is 0 Å². The molecule has 1 aromatic heterocycles. The lowest BCUT2D eigenvalue weighted by atomic mass is 9.76. The van der Waals surface area contributed by atoms with Gasteiger partial charge in [-0.15, -0.1) is 0 Å². The molecule has 3 nitrogen and oxygen atoms in total. The second-order valence-corrected chi connectivity index (χ2v) is 6.22. The fourth-order valence-electron chi connectivity index (χ4n) is 3.72. The summed E-state index contributed by atoms with van der Waals surface area (Å²) in [4.78, 5) is 4.68. The van der Waals surface area contributed by atoms with Crippen molar-refractivity contribution in [3.05, 3.63) is 18.2 Å². The summed E-state index contributed by atoms with van der Waals surface area (Å²) in [7, 11) is 0. The average molecular weight is 277 g/mol. The quantitative estimate of drug-likeness (QED) is 0.811. The van der Waals surface area contributed by atoms with Crippen molar-refractivity contribution in [1.82, 2.24) is 14.9 Å². The molecule has 0 saturated heterocycles. The van der Waals surface area contributed by atoms with E-state index in [2.05, 4.69) is 41.8 Å². The Morgan fingerprint density at radius 2 is 2.20 bits per heavy atom. The van der Waals surface area contributed by atoms with Gasteiger partial charge in [0, 0.05) is 18.9 Å². The van der Waals surface area contributed by atoms with Crippen LogP contribution < -0.4 is 5.32 Å². The van der Waals surface area contributed by atoms with E-state index in [0.29, 0.717) is 6.04 Å². The highest BCUT2D eigenvalue weighted by atomic mass is 15.1. The second-order valence-electron chi connectivity index (χ2n) is 6.22. The first kappa shape index (κ1) is 15.6. The van der Waals surface area contributed by atoms with Crippen molar-refractivity contribution in [3.8, 4) is 0 Å². The summed E-state index contributed by atoms with van der Waals surface area (Å²) in [6.07, 6.45) is 12.1. The Balaban J connectivity index is 2.14. The van der Waals surface area contributed by atoms with Crippen LogP contribution >= 0.6 is 0 Å². The van der Waals surface area contributed by atoms with Gasteiger partial charge in [-0.2, -0.15) is 0 Å². The molecule has 1 aliphatic rings. The second kappa shape index (κ2) is 7.82. The van der Waals surface area contributed by atoms with E-state index in [1.807, 2.05) is 6.20 Å². The summed E-state index contributed by atoms with van der Waals surface area (Å²) in [6.45, 7) is 8.89. The Morgan fingerprint density at radius 1 is 1.35 bits per heavy atom. The number of hydrogen-bond donors (Lipinski definition) is 1. The third-order valence-corrected chi connectivity index (χ3v) is 4.79. The van der Waals surface area contributed by atoms with Gasteiger partial charge in [-0.1, -0.05) is 40.0 Å². The highest BCUT2D eigenvalue weighted by Crippen LogP contribution is 2.38. The zero-order chi connectivity index (χ0) is 14.4. The standard InChI is InChI=1S/C17H31N3/c1-4-11-20-12-10-19-17(20)16(18-6-3)15-9-7-8-14(5-2)13-15/h10,12,14-16,18H,4-9,11,13H2,1-3H3. The normalized spacial score (nSPS) is 24.8. The molecule has 0 aromatic carbocycles. The fourth-order valence-corrected chi connectivity index (χ4v) is 3.72. The van der Waals surface area contributed by atoms with Gasteiger partial charge in [-0.3, -0.25) is 0 Å². The van der Waals surface area contributed by atoms with Crippen molar-refractivity contribution in [3.63, 3.8) is 0 Å². The molecule has 0 aliphatic heterocycles. The van der Waals surface area contributed by atoms with Crippen molar-refractivity contribution >= 4 is 0 Å². The molecule has 0 spiro atoms. The molecule has 3 heteroatoms. The first-order valence-electron chi connectivity index (χ1n) is 8.54. The lowest BCUT2D eigenvalue weighted by Crippen LogP contribution is -2.33. The smallest absolute Gasteiger partial charge is 0.126 e. The molecular formula is C17H31N3. The predicted molar refractivity (Wildman–Crippen MR) is 84.7 cm³/mol. The van der Waals surface area contributed by atoms with Crippen LogP contribution in [0.5, 0.6) is 0 Å². The minimum absolute atomic E-state index is 0.441. The molecule has 2 rings (SSSR count). The molecule has 114 valence electrons. The van der Waals surface area contributed by atoms with Crippen molar-refractivity contribution in [1.29, 1.82) is 0 Å². The molecule has 3 unspecified atom stereocenters. The number of nitrogens with zero attached hydrogens (tertiary/aromatic N) is 2. The van der Waals surface area contributed by atoms with Crippen molar-refractivity contribution in [2.24, 2.45) is 11.8 Å². The van der Waals surface area contributed by atoms with Crippen LogP contribution in [0, 0.1) is 11.8 Å². The maximum absolute atomic E-state index is 4.68. The third kappa shape index (κ3) is 3.63. The monoisotopic (exact) mass is 277 g/mol. The van der Waals surface area contributed by atoms with E-state index >= 15 is 0 Å². The van der Waals surface area contributed by atoms with Gasteiger partial charge in [-0.25, -0.2) is 4.98 Å². The van der Waals surface area contributed by atoms with Gasteiger partial charge in [-0.05, 0) is 37.6 Å². The molecule has 1 heterocycles. The summed E-state index contributed by atoms with van der Waals surface area (Å²) in [5, 5.41) is 3.71. The molecule has 1 fully saturated rings. The summed E-state index contributed by atoms with van der Waals surface area (Å²) in [5.41, 5.74) is 0. The zero-order valence-corrected chi connectivity index (χ0v) is 13.4. The van der Waals surface area contributed by atoms with Crippen molar-refractivity contribution in [2.75, 3.05) is 6.54 Å². The molecule has 1 aromatic rings. The Morgan fingerprint density at radius 3 is 2.90 bits per heavy atom. The van der Waals surface area contributed by atoms with E-state index in [-0.39, 0.29) is 0 Å². The van der Waals surface area contributed by atoms with Crippen LogP contribution in [0.25, 0.3) is 0 Å². The number of imidazole rings is 1. The van der Waals surface area contributed by atoms with E-state index in [9.17, 15) is 0 Å². The van der Waals surface area contributed by atoms with Gasteiger partial charge >= 0.3 is 0 Å². The molecular weight excluding hydrogens is 246 g/mol. The van der Waals surface area contributed by atoms with Gasteiger partial charge in [0.1, 0.15) is 5.82 Å². The lowest BCUT2D eigenvalue weighted by Gasteiger charge is -2.34. The van der Waals surface area contributed by atoms with Crippen LogP contribution in [-0.2, 0) is 6.54 Å². The maximum atomic E-state index is 4.68. The minimum Gasteiger partial charge on any atom is -0.334 e. The Bertz CT molecular complexity index is 385. The summed E-state index contributed by atoms with van der Waals surface area (Å²) in [6, 6.07) is 0.441. The van der Waals surface area contributed by atoms with E-state index in [4.69, 9.17) is 0 Å². The fraction of sp³-hybridized carbons (Fsp3) is 0.824. The van der Waals surface area contributed by atoms with Crippen molar-refractivity contribution in [2.45, 2.75) is 71.9 Å². The van der Waals surface area contributed by atoms with Gasteiger partial charge in [0.15, 0.2) is 0 Å². The molecule has 1 saturated carbocycles. The molecule has 3 atom stereocenters. The lowest BCUT2D eigenvalue weighted by molar-refractivity contribution is 0.203. The molecule has 0 bridgehead atoms. The number of aryl methyl sites for hydroxylation is 1. The number of rotatable bonds is 7. The van der Waals surface area contributed by atoms with Gasteiger partial charge in [0.2, 0.25) is 0 Å². The Kier molecular flexibility index (Phi) is 6.08. The first-order chi connectivity index (χ1) is 9.80. The topological polar surface area (TPSA) is 29.9 Å². The summed E-state index contributed by atoms with van der Waals surface area (Å²) < 4.78 is 2.35. The van der Waals surface area contributed by atoms with Crippen molar-refractivity contribution < 1.29 is 0 Å². The predicted octanol–water partition coefficient (Wildman–Crippen LogP) is 4.16. The van der Waals surface area contributed by atoms with Gasteiger partial charge < -0.3 is 9.88 Å². The molecule has 0 radical (unpaired) electrons. The van der Waals surface area contributed by atoms with E-state index in [1.165, 1.54) is 44.3 Å². The Hall–Kier alpha value is -0.830. The Labute approximate surface area is 124 Å². The van der Waals surface area contributed by atoms with E-state index in [0.717, 1.165) is 24.9 Å². The van der Waals surface area contributed by atoms with Crippen LogP contribution in [0.1, 0.15) is 71.2 Å². The maximum Gasteiger partial charge on any atom is 0.126 e. The summed E-state index contributed by atoms with van der Waals surface area (Å²) in [5.74, 6) is 2.94. The zero-order valence-electron chi connectivity index (χ0n) is 13.4. The molecule has 20 heavy (non-hydrogen) atoms. The number of aromatic nitrogens is 2. The van der Waals surface area contributed by atoms with Gasteiger partial charge in [0.25, 0.3) is 0 Å². The van der Waals surface area contributed by atoms with E-state index < -0.39 is 0 Å². The largest absolute Gasteiger partial charge is 0.334 e. The molecule has 1 N–H and O–H groups in total. The minimum atomic E-state index is 0.441. The highest BCUT2D eigenvalue weighted by Gasteiger charge is 2.30. The van der Waals surface area contributed by atoms with Crippen LogP contribution in [0.2, 0.25) is 0 Å². The SMILES string of the molecule is CCCn1ccnc1C(NCC)C1CCCC(CC)C1. The van der Waals surface area contributed by atoms with Crippen LogP contribution in [0.15, 0.2) is 12.4 Å². The summed E-state index contributed by atoms with van der Waals surface area (Å²) >= 11 is 0. The molecule has 0 amide bonds. The van der Waals surface area contributed by atoms with Crippen LogP contribution in [-0.4, -0.2) is 16.1 Å². The van der Waals surface area contributed by atoms with Gasteiger partial charge in [0.05, 0.1) is 6.04 Å². The molecule has 1 aliphatic carbocycles. The highest BCUT2D eigenvalue weighted by molar-refractivity contribution is 5.03. The number of nitrogens with one attached hydrogen (secondary N) is 1. The third-order valence-electron chi connectivity index (χ3n) is 4.79. The first-order valence-corrected chi connectivity index (χ1v) is 8.54. The van der Waals surface area contributed by atoms with Crippen LogP contribution in [0.3, 0.4) is 0 Å². The number of hydrogen-bond acceptors (Lipinski definition) is 2. The van der Waals surface area contributed by atoms with Crippen LogP contribution in [0.4, 0.5) is 0 Å². The average Bonchev–Trinajstić information content (AvgIpc) is 2.93.